The smallest absolute Gasteiger partial charge is 0.387 e. The largest absolute Gasteiger partial charge is 0.478 e. The van der Waals surface area contributed by atoms with Gasteiger partial charge in [0.05, 0.1) is 17.2 Å². The fourth-order valence-electron chi connectivity index (χ4n) is 0.958. The SMILES string of the molecule is N#Cc1cc(OC(F)F)cc(C(=O)O)c1. The zero-order chi connectivity index (χ0) is 11.4. The van der Waals surface area contributed by atoms with Crippen molar-refractivity contribution in [3.63, 3.8) is 0 Å². The molecule has 1 N–H and O–H groups in total. The molecule has 1 rings (SSSR count). The summed E-state index contributed by atoms with van der Waals surface area (Å²) in [6.07, 6.45) is 0. The summed E-state index contributed by atoms with van der Waals surface area (Å²) in [6, 6.07) is 4.68. The molecule has 0 heterocycles. The minimum absolute atomic E-state index is 0.0504. The minimum Gasteiger partial charge on any atom is -0.478 e. The average molecular weight is 213 g/mol. The van der Waals surface area contributed by atoms with E-state index in [2.05, 4.69) is 4.74 Å². The number of aromatic carboxylic acids is 1. The number of alkyl halides is 2. The number of hydrogen-bond donors (Lipinski definition) is 1. The van der Waals surface area contributed by atoms with Gasteiger partial charge in [0.1, 0.15) is 5.75 Å². The van der Waals surface area contributed by atoms with Crippen LogP contribution in [0.1, 0.15) is 15.9 Å². The van der Waals surface area contributed by atoms with Gasteiger partial charge in [0.2, 0.25) is 0 Å². The van der Waals surface area contributed by atoms with Gasteiger partial charge in [0.15, 0.2) is 0 Å². The van der Waals surface area contributed by atoms with Gasteiger partial charge in [-0.2, -0.15) is 14.0 Å². The normalized spacial score (nSPS) is 9.73. The number of hydrogen-bond acceptors (Lipinski definition) is 3. The van der Waals surface area contributed by atoms with Crippen molar-refractivity contribution in [2.24, 2.45) is 0 Å². The van der Waals surface area contributed by atoms with E-state index >= 15 is 0 Å². The second-order valence-corrected chi connectivity index (χ2v) is 2.54. The van der Waals surface area contributed by atoms with Crippen molar-refractivity contribution in [2.45, 2.75) is 6.61 Å². The van der Waals surface area contributed by atoms with Crippen molar-refractivity contribution >= 4 is 5.97 Å². The molecule has 0 bridgehead atoms. The molecule has 0 unspecified atom stereocenters. The quantitative estimate of drug-likeness (QED) is 0.831. The number of rotatable bonds is 3. The molecule has 6 heteroatoms. The third-order valence-corrected chi connectivity index (χ3v) is 1.51. The third kappa shape index (κ3) is 2.91. The second-order valence-electron chi connectivity index (χ2n) is 2.54. The van der Waals surface area contributed by atoms with Gasteiger partial charge in [-0.1, -0.05) is 0 Å². The molecule has 0 fully saturated rings. The van der Waals surface area contributed by atoms with Gasteiger partial charge in [-0.25, -0.2) is 4.79 Å². The molecular formula is C9H5F2NO3. The summed E-state index contributed by atoms with van der Waals surface area (Å²) >= 11 is 0. The lowest BCUT2D eigenvalue weighted by Gasteiger charge is -2.05. The molecule has 1 aromatic carbocycles. The van der Waals surface area contributed by atoms with Crippen LogP contribution in [0, 0.1) is 11.3 Å². The highest BCUT2D eigenvalue weighted by Gasteiger charge is 2.10. The number of nitriles is 1. The molecule has 0 radical (unpaired) electrons. The number of carboxylic acids is 1. The number of benzene rings is 1. The molecule has 78 valence electrons. The molecule has 0 atom stereocenters. The maximum atomic E-state index is 11.8. The summed E-state index contributed by atoms with van der Waals surface area (Å²) in [4.78, 5) is 10.6. The Balaban J connectivity index is 3.13. The highest BCUT2D eigenvalue weighted by Crippen LogP contribution is 2.19. The van der Waals surface area contributed by atoms with Crippen molar-refractivity contribution in [3.8, 4) is 11.8 Å². The van der Waals surface area contributed by atoms with Crippen LogP contribution in [0.5, 0.6) is 5.75 Å². The Morgan fingerprint density at radius 1 is 1.47 bits per heavy atom. The topological polar surface area (TPSA) is 70.3 Å². The fraction of sp³-hybridized carbons (Fsp3) is 0.111. The molecule has 0 aliphatic rings. The van der Waals surface area contributed by atoms with E-state index in [4.69, 9.17) is 10.4 Å². The number of halogens is 2. The van der Waals surface area contributed by atoms with Gasteiger partial charge in [0.25, 0.3) is 0 Å². The summed E-state index contributed by atoms with van der Waals surface area (Å²) in [5.41, 5.74) is -0.324. The average Bonchev–Trinajstić information content (AvgIpc) is 2.16. The van der Waals surface area contributed by atoms with Crippen LogP contribution >= 0.6 is 0 Å². The van der Waals surface area contributed by atoms with Crippen LogP contribution in [-0.2, 0) is 0 Å². The first-order valence-corrected chi connectivity index (χ1v) is 3.76. The molecule has 0 aliphatic heterocycles. The number of ether oxygens (including phenoxy) is 1. The van der Waals surface area contributed by atoms with Gasteiger partial charge in [0, 0.05) is 0 Å². The molecule has 1 aromatic rings. The van der Waals surface area contributed by atoms with Crippen LogP contribution in [0.4, 0.5) is 8.78 Å². The third-order valence-electron chi connectivity index (χ3n) is 1.51. The van der Waals surface area contributed by atoms with E-state index in [9.17, 15) is 13.6 Å². The van der Waals surface area contributed by atoms with Crippen molar-refractivity contribution in [1.82, 2.24) is 0 Å². The van der Waals surface area contributed by atoms with E-state index in [1.54, 1.807) is 6.07 Å². The first kappa shape index (κ1) is 10.9. The van der Waals surface area contributed by atoms with E-state index in [1.165, 1.54) is 0 Å². The van der Waals surface area contributed by atoms with Gasteiger partial charge in [-0.05, 0) is 18.2 Å². The van der Waals surface area contributed by atoms with Crippen LogP contribution in [0.3, 0.4) is 0 Å². The number of carboxylic acid groups (broad SMARTS) is 1. The van der Waals surface area contributed by atoms with E-state index in [0.717, 1.165) is 18.2 Å². The molecular weight excluding hydrogens is 208 g/mol. The highest BCUT2D eigenvalue weighted by atomic mass is 19.3. The van der Waals surface area contributed by atoms with Gasteiger partial charge in [-0.3, -0.25) is 0 Å². The van der Waals surface area contributed by atoms with Gasteiger partial charge < -0.3 is 9.84 Å². The van der Waals surface area contributed by atoms with Crippen LogP contribution in [0.15, 0.2) is 18.2 Å². The first-order valence-electron chi connectivity index (χ1n) is 3.76. The maximum Gasteiger partial charge on any atom is 0.387 e. The monoisotopic (exact) mass is 213 g/mol. The van der Waals surface area contributed by atoms with E-state index in [1.807, 2.05) is 0 Å². The van der Waals surface area contributed by atoms with Gasteiger partial charge in [-0.15, -0.1) is 0 Å². The Morgan fingerprint density at radius 3 is 2.60 bits per heavy atom. The molecule has 0 aromatic heterocycles. The van der Waals surface area contributed by atoms with Crippen LogP contribution in [0.25, 0.3) is 0 Å². The Hall–Kier alpha value is -2.16. The summed E-state index contributed by atoms with van der Waals surface area (Å²) in [7, 11) is 0. The molecule has 4 nitrogen and oxygen atoms in total. The molecule has 0 aliphatic carbocycles. The summed E-state index contributed by atoms with van der Waals surface area (Å²) in [5.74, 6) is -1.66. The fourth-order valence-corrected chi connectivity index (χ4v) is 0.958. The molecule has 0 spiro atoms. The van der Waals surface area contributed by atoms with Crippen LogP contribution < -0.4 is 4.74 Å². The molecule has 0 amide bonds. The highest BCUT2D eigenvalue weighted by molar-refractivity contribution is 5.88. The summed E-state index contributed by atoms with van der Waals surface area (Å²) < 4.78 is 27.7. The van der Waals surface area contributed by atoms with Crippen molar-refractivity contribution in [2.75, 3.05) is 0 Å². The Morgan fingerprint density at radius 2 is 2.13 bits per heavy atom. The summed E-state index contributed by atoms with van der Waals surface area (Å²) in [5, 5.41) is 17.1. The zero-order valence-corrected chi connectivity index (χ0v) is 7.28. The van der Waals surface area contributed by atoms with E-state index in [-0.39, 0.29) is 16.9 Å². The summed E-state index contributed by atoms with van der Waals surface area (Å²) in [6.45, 7) is -3.06. The lowest BCUT2D eigenvalue weighted by Crippen LogP contribution is -2.04. The van der Waals surface area contributed by atoms with E-state index in [0.29, 0.717) is 0 Å². The second kappa shape index (κ2) is 4.37. The molecule has 15 heavy (non-hydrogen) atoms. The van der Waals surface area contributed by atoms with Gasteiger partial charge >= 0.3 is 12.6 Å². The Kier molecular flexibility index (Phi) is 3.18. The standard InChI is InChI=1S/C9H5F2NO3/c10-9(11)15-7-2-5(4-12)1-6(3-7)8(13)14/h1-3,9H,(H,13,14). The lowest BCUT2D eigenvalue weighted by atomic mass is 10.1. The number of nitrogens with zero attached hydrogens (tertiary/aromatic N) is 1. The van der Waals surface area contributed by atoms with Crippen molar-refractivity contribution in [1.29, 1.82) is 5.26 Å². The molecule has 0 saturated heterocycles. The maximum absolute atomic E-state index is 11.8. The zero-order valence-electron chi connectivity index (χ0n) is 7.28. The Bertz CT molecular complexity index is 426. The predicted octanol–water partition coefficient (Wildman–Crippen LogP) is 1.86. The van der Waals surface area contributed by atoms with Crippen molar-refractivity contribution in [3.05, 3.63) is 29.3 Å². The van der Waals surface area contributed by atoms with Crippen LogP contribution in [0.2, 0.25) is 0 Å². The van der Waals surface area contributed by atoms with E-state index < -0.39 is 12.6 Å². The van der Waals surface area contributed by atoms with Crippen molar-refractivity contribution < 1.29 is 23.4 Å². The molecule has 0 saturated carbocycles. The number of carbonyl (C=O) groups is 1. The predicted molar refractivity (Wildman–Crippen MR) is 44.7 cm³/mol. The Labute approximate surface area is 83.3 Å². The van der Waals surface area contributed by atoms with Crippen LogP contribution in [-0.4, -0.2) is 17.7 Å². The minimum atomic E-state index is -3.06. The first-order chi connectivity index (χ1) is 7.02. The lowest BCUT2D eigenvalue weighted by molar-refractivity contribution is -0.0499.